The van der Waals surface area contributed by atoms with E-state index in [-0.39, 0.29) is 0 Å². The summed E-state index contributed by atoms with van der Waals surface area (Å²) in [6.07, 6.45) is 0.842. The second-order valence-electron chi connectivity index (χ2n) is 4.58. The van der Waals surface area contributed by atoms with Crippen molar-refractivity contribution in [2.45, 2.75) is 13.0 Å². The fourth-order valence-corrected chi connectivity index (χ4v) is 2.18. The summed E-state index contributed by atoms with van der Waals surface area (Å²) in [5.41, 5.74) is 6.67. The van der Waals surface area contributed by atoms with Crippen molar-refractivity contribution in [3.8, 4) is 11.5 Å². The molecule has 0 aliphatic carbocycles. The van der Waals surface area contributed by atoms with Gasteiger partial charge < -0.3 is 25.3 Å². The average molecular weight is 314 g/mol. The molecule has 2 rings (SSSR count). The number of benzene rings is 1. The smallest absolute Gasteiger partial charge is 0.188 e. The molecule has 7 heteroatoms. The summed E-state index contributed by atoms with van der Waals surface area (Å²) in [6, 6.07) is 3.71. The van der Waals surface area contributed by atoms with Crippen LogP contribution in [-0.4, -0.2) is 39.4 Å². The summed E-state index contributed by atoms with van der Waals surface area (Å²) in [5.74, 6) is 1.64. The van der Waals surface area contributed by atoms with Crippen LogP contribution < -0.4 is 20.5 Å². The van der Waals surface area contributed by atoms with Crippen LogP contribution in [0.1, 0.15) is 12.0 Å². The molecule has 21 heavy (non-hydrogen) atoms. The van der Waals surface area contributed by atoms with Gasteiger partial charge in [0.15, 0.2) is 17.5 Å². The van der Waals surface area contributed by atoms with E-state index in [4.69, 9.17) is 31.5 Å². The highest BCUT2D eigenvalue weighted by atomic mass is 35.5. The summed E-state index contributed by atoms with van der Waals surface area (Å²) >= 11 is 6.22. The second kappa shape index (κ2) is 7.95. The Balaban J connectivity index is 2.02. The Morgan fingerprint density at radius 2 is 2.24 bits per heavy atom. The molecule has 0 unspecified atom stereocenters. The normalized spacial score (nSPS) is 14.7. The van der Waals surface area contributed by atoms with Crippen LogP contribution in [0.3, 0.4) is 0 Å². The SMILES string of the molecule is COCCNC(N)=NCc1cc(Cl)c2c(c1)OCCCO2. The van der Waals surface area contributed by atoms with Gasteiger partial charge in [-0.05, 0) is 17.7 Å². The number of guanidine groups is 1. The minimum absolute atomic E-state index is 0.371. The van der Waals surface area contributed by atoms with Gasteiger partial charge in [0.25, 0.3) is 0 Å². The van der Waals surface area contributed by atoms with Crippen molar-refractivity contribution in [1.29, 1.82) is 0 Å². The van der Waals surface area contributed by atoms with Crippen molar-refractivity contribution < 1.29 is 14.2 Å². The van der Waals surface area contributed by atoms with Gasteiger partial charge in [-0.3, -0.25) is 0 Å². The Bertz CT molecular complexity index is 508. The molecule has 1 aliphatic rings. The molecular weight excluding hydrogens is 294 g/mol. The van der Waals surface area contributed by atoms with E-state index in [0.29, 0.717) is 55.4 Å². The third kappa shape index (κ3) is 4.68. The van der Waals surface area contributed by atoms with Crippen molar-refractivity contribution in [2.24, 2.45) is 10.7 Å². The zero-order chi connectivity index (χ0) is 15.1. The number of rotatable bonds is 5. The van der Waals surface area contributed by atoms with E-state index in [1.165, 1.54) is 0 Å². The Morgan fingerprint density at radius 1 is 1.43 bits per heavy atom. The quantitative estimate of drug-likeness (QED) is 0.490. The van der Waals surface area contributed by atoms with Crippen molar-refractivity contribution in [3.05, 3.63) is 22.7 Å². The first kappa shape index (κ1) is 15.7. The summed E-state index contributed by atoms with van der Waals surface area (Å²) in [7, 11) is 1.63. The van der Waals surface area contributed by atoms with E-state index in [2.05, 4.69) is 10.3 Å². The first-order chi connectivity index (χ1) is 10.2. The van der Waals surface area contributed by atoms with Crippen molar-refractivity contribution >= 4 is 17.6 Å². The highest BCUT2D eigenvalue weighted by Crippen LogP contribution is 2.38. The van der Waals surface area contributed by atoms with Gasteiger partial charge in [-0.1, -0.05) is 11.6 Å². The molecule has 3 N–H and O–H groups in total. The van der Waals surface area contributed by atoms with Gasteiger partial charge in [-0.25, -0.2) is 4.99 Å². The number of hydrogen-bond acceptors (Lipinski definition) is 4. The zero-order valence-corrected chi connectivity index (χ0v) is 12.8. The van der Waals surface area contributed by atoms with Crippen LogP contribution in [0.15, 0.2) is 17.1 Å². The van der Waals surface area contributed by atoms with Crippen LogP contribution in [0.2, 0.25) is 5.02 Å². The number of halogens is 1. The van der Waals surface area contributed by atoms with Crippen molar-refractivity contribution in [3.63, 3.8) is 0 Å². The molecule has 1 heterocycles. The predicted molar refractivity (Wildman–Crippen MR) is 82.3 cm³/mol. The molecule has 0 fully saturated rings. The summed E-state index contributed by atoms with van der Waals surface area (Å²) in [5, 5.41) is 3.49. The number of nitrogens with one attached hydrogen (secondary N) is 1. The molecule has 1 aromatic rings. The van der Waals surface area contributed by atoms with Crippen LogP contribution in [-0.2, 0) is 11.3 Å². The third-order valence-corrected chi connectivity index (χ3v) is 3.19. The molecule has 6 nitrogen and oxygen atoms in total. The highest BCUT2D eigenvalue weighted by molar-refractivity contribution is 6.32. The van der Waals surface area contributed by atoms with E-state index in [1.54, 1.807) is 7.11 Å². The standard InChI is InChI=1S/C14H20ClN3O3/c1-19-6-3-17-14(16)18-9-10-7-11(15)13-12(8-10)20-4-2-5-21-13/h7-8H,2-6,9H2,1H3,(H3,16,17,18). The molecule has 1 aliphatic heterocycles. The average Bonchev–Trinajstić information content (AvgIpc) is 2.71. The largest absolute Gasteiger partial charge is 0.489 e. The van der Waals surface area contributed by atoms with Crippen LogP contribution in [0.4, 0.5) is 0 Å². The molecule has 0 atom stereocenters. The van der Waals surface area contributed by atoms with E-state index in [9.17, 15) is 0 Å². The number of fused-ring (bicyclic) bond motifs is 1. The maximum absolute atomic E-state index is 6.22. The first-order valence-corrected chi connectivity index (χ1v) is 7.19. The topological polar surface area (TPSA) is 78.1 Å². The van der Waals surface area contributed by atoms with Crippen LogP contribution in [0.5, 0.6) is 11.5 Å². The van der Waals surface area contributed by atoms with Gasteiger partial charge in [0.2, 0.25) is 0 Å². The third-order valence-electron chi connectivity index (χ3n) is 2.91. The molecule has 0 saturated carbocycles. The van der Waals surface area contributed by atoms with Gasteiger partial charge in [-0.2, -0.15) is 0 Å². The van der Waals surface area contributed by atoms with E-state index in [0.717, 1.165) is 12.0 Å². The van der Waals surface area contributed by atoms with Crippen molar-refractivity contribution in [1.82, 2.24) is 5.32 Å². The summed E-state index contributed by atoms with van der Waals surface area (Å²) in [6.45, 7) is 2.85. The molecule has 1 aromatic carbocycles. The number of aliphatic imine (C=N–C) groups is 1. The number of nitrogens with two attached hydrogens (primary N) is 1. The van der Waals surface area contributed by atoms with Crippen LogP contribution in [0, 0.1) is 0 Å². The van der Waals surface area contributed by atoms with Gasteiger partial charge in [0.05, 0.1) is 31.4 Å². The Morgan fingerprint density at radius 3 is 3.05 bits per heavy atom. The van der Waals surface area contributed by atoms with E-state index >= 15 is 0 Å². The lowest BCUT2D eigenvalue weighted by Gasteiger charge is -2.11. The molecular formula is C14H20ClN3O3. The lowest BCUT2D eigenvalue weighted by Crippen LogP contribution is -2.34. The molecule has 116 valence electrons. The Labute approximate surface area is 129 Å². The van der Waals surface area contributed by atoms with Gasteiger partial charge in [-0.15, -0.1) is 0 Å². The minimum Gasteiger partial charge on any atom is -0.489 e. The lowest BCUT2D eigenvalue weighted by atomic mass is 10.2. The maximum atomic E-state index is 6.22. The highest BCUT2D eigenvalue weighted by Gasteiger charge is 2.15. The van der Waals surface area contributed by atoms with Crippen LogP contribution >= 0.6 is 11.6 Å². The molecule has 0 spiro atoms. The fourth-order valence-electron chi connectivity index (χ4n) is 1.89. The number of methoxy groups -OCH3 is 1. The first-order valence-electron chi connectivity index (χ1n) is 6.81. The second-order valence-corrected chi connectivity index (χ2v) is 4.98. The van der Waals surface area contributed by atoms with Gasteiger partial charge >= 0.3 is 0 Å². The monoisotopic (exact) mass is 313 g/mol. The van der Waals surface area contributed by atoms with Gasteiger partial charge in [0.1, 0.15) is 0 Å². The molecule has 0 saturated heterocycles. The predicted octanol–water partition coefficient (Wildman–Crippen LogP) is 1.55. The number of ether oxygens (including phenoxy) is 3. The molecule has 0 radical (unpaired) electrons. The minimum atomic E-state index is 0.371. The number of nitrogens with zero attached hydrogens (tertiary/aromatic N) is 1. The molecule has 0 bridgehead atoms. The van der Waals surface area contributed by atoms with Crippen LogP contribution in [0.25, 0.3) is 0 Å². The summed E-state index contributed by atoms with van der Waals surface area (Å²) in [4.78, 5) is 4.25. The molecule has 0 aromatic heterocycles. The fraction of sp³-hybridized carbons (Fsp3) is 0.500. The van der Waals surface area contributed by atoms with Gasteiger partial charge in [0, 0.05) is 20.1 Å². The maximum Gasteiger partial charge on any atom is 0.188 e. The molecule has 0 amide bonds. The van der Waals surface area contributed by atoms with E-state index in [1.807, 2.05) is 12.1 Å². The number of hydrogen-bond donors (Lipinski definition) is 2. The zero-order valence-electron chi connectivity index (χ0n) is 12.0. The lowest BCUT2D eigenvalue weighted by molar-refractivity contribution is 0.204. The summed E-state index contributed by atoms with van der Waals surface area (Å²) < 4.78 is 16.1. The Kier molecular flexibility index (Phi) is 5.95. The van der Waals surface area contributed by atoms with Crippen molar-refractivity contribution in [2.75, 3.05) is 33.5 Å². The van der Waals surface area contributed by atoms with E-state index < -0.39 is 0 Å². The Hall–Kier alpha value is -1.66.